The lowest BCUT2D eigenvalue weighted by molar-refractivity contribution is -0.275. The van der Waals surface area contributed by atoms with Crippen molar-refractivity contribution in [2.24, 2.45) is 5.73 Å². The summed E-state index contributed by atoms with van der Waals surface area (Å²) in [5.41, 5.74) is 5.52. The summed E-state index contributed by atoms with van der Waals surface area (Å²) >= 11 is 1.67. The largest absolute Gasteiger partial charge is 0.573 e. The number of pyridine rings is 1. The van der Waals surface area contributed by atoms with Crippen LogP contribution in [-0.2, 0) is 13.2 Å². The van der Waals surface area contributed by atoms with Crippen molar-refractivity contribution in [1.82, 2.24) is 4.98 Å². The van der Waals surface area contributed by atoms with Crippen molar-refractivity contribution in [2.75, 3.05) is 0 Å². The van der Waals surface area contributed by atoms with Gasteiger partial charge in [-0.25, -0.2) is 0 Å². The molecule has 4 nitrogen and oxygen atoms in total. The number of aliphatic hydroxyl groups is 1. The van der Waals surface area contributed by atoms with Gasteiger partial charge in [-0.2, -0.15) is 0 Å². The minimum Gasteiger partial charge on any atom is -0.403 e. The van der Waals surface area contributed by atoms with Crippen LogP contribution in [0.15, 0.2) is 6.07 Å². The molecule has 0 fully saturated rings. The summed E-state index contributed by atoms with van der Waals surface area (Å²) in [6, 6.07) is 1.38. The van der Waals surface area contributed by atoms with Crippen molar-refractivity contribution in [3.63, 3.8) is 0 Å². The molecule has 0 amide bonds. The Morgan fingerprint density at radius 1 is 1.50 bits per heavy atom. The molecule has 0 aromatic carbocycles. The number of halogens is 4. The average molecular weight is 348 g/mol. The number of nitrogens with two attached hydrogens (primary N) is 1. The number of ether oxygens (including phenoxy) is 1. The minimum absolute atomic E-state index is 0.0787. The van der Waals surface area contributed by atoms with Gasteiger partial charge in [0.2, 0.25) is 0 Å². The summed E-state index contributed by atoms with van der Waals surface area (Å²) in [6.45, 7) is -0.565. The third-order valence-electron chi connectivity index (χ3n) is 1.63. The van der Waals surface area contributed by atoms with Crippen LogP contribution in [0, 0.1) is 3.57 Å². The van der Waals surface area contributed by atoms with Crippen molar-refractivity contribution in [1.29, 1.82) is 0 Å². The first kappa shape index (κ1) is 13.5. The molecule has 16 heavy (non-hydrogen) atoms. The van der Waals surface area contributed by atoms with Gasteiger partial charge < -0.3 is 15.6 Å². The quantitative estimate of drug-likeness (QED) is 0.814. The van der Waals surface area contributed by atoms with Gasteiger partial charge in [-0.05, 0) is 28.7 Å². The molecule has 1 heterocycles. The predicted molar refractivity (Wildman–Crippen MR) is 57.5 cm³/mol. The maximum absolute atomic E-state index is 12.1. The van der Waals surface area contributed by atoms with E-state index in [-0.39, 0.29) is 15.8 Å². The molecule has 1 aromatic heterocycles. The van der Waals surface area contributed by atoms with Crippen LogP contribution in [0.25, 0.3) is 0 Å². The van der Waals surface area contributed by atoms with E-state index in [2.05, 4.69) is 9.72 Å². The van der Waals surface area contributed by atoms with Crippen molar-refractivity contribution in [3.8, 4) is 5.75 Å². The SMILES string of the molecule is NCc1cc(I)c(OC(F)(F)F)c(CO)n1. The second kappa shape index (κ2) is 5.15. The highest BCUT2D eigenvalue weighted by Crippen LogP contribution is 2.30. The number of aromatic nitrogens is 1. The van der Waals surface area contributed by atoms with E-state index in [1.165, 1.54) is 6.07 Å². The smallest absolute Gasteiger partial charge is 0.403 e. The van der Waals surface area contributed by atoms with Crippen LogP contribution in [0.2, 0.25) is 0 Å². The van der Waals surface area contributed by atoms with Crippen LogP contribution >= 0.6 is 22.6 Å². The third-order valence-corrected chi connectivity index (χ3v) is 2.43. The summed E-state index contributed by atoms with van der Waals surface area (Å²) in [7, 11) is 0. The zero-order valence-electron chi connectivity index (χ0n) is 7.88. The molecule has 1 aromatic rings. The molecule has 1 rings (SSSR count). The Bertz CT molecular complexity index is 384. The second-order valence-electron chi connectivity index (χ2n) is 2.78. The van der Waals surface area contributed by atoms with E-state index in [1.54, 1.807) is 22.6 Å². The van der Waals surface area contributed by atoms with Gasteiger partial charge in [-0.1, -0.05) is 0 Å². The van der Waals surface area contributed by atoms with Crippen LogP contribution in [0.5, 0.6) is 5.75 Å². The summed E-state index contributed by atoms with van der Waals surface area (Å²) < 4.78 is 40.2. The normalized spacial score (nSPS) is 11.6. The predicted octanol–water partition coefficient (Wildman–Crippen LogP) is 1.54. The van der Waals surface area contributed by atoms with E-state index in [0.717, 1.165) is 0 Å². The molecular formula is C8H8F3IN2O2. The first-order valence-corrected chi connectivity index (χ1v) is 5.20. The van der Waals surface area contributed by atoms with Crippen LogP contribution in [0.4, 0.5) is 13.2 Å². The van der Waals surface area contributed by atoms with E-state index >= 15 is 0 Å². The van der Waals surface area contributed by atoms with Crippen molar-refractivity contribution >= 4 is 22.6 Å². The lowest BCUT2D eigenvalue weighted by Crippen LogP contribution is -2.20. The molecule has 0 saturated heterocycles. The van der Waals surface area contributed by atoms with E-state index in [4.69, 9.17) is 10.8 Å². The molecule has 0 saturated carbocycles. The number of rotatable bonds is 3. The minimum atomic E-state index is -4.81. The van der Waals surface area contributed by atoms with Gasteiger partial charge in [0.15, 0.2) is 5.75 Å². The zero-order chi connectivity index (χ0) is 12.3. The molecule has 0 aliphatic rings. The Morgan fingerprint density at radius 3 is 2.56 bits per heavy atom. The molecule has 0 aliphatic carbocycles. The molecule has 0 atom stereocenters. The molecule has 3 N–H and O–H groups in total. The van der Waals surface area contributed by atoms with Crippen molar-refractivity contribution < 1.29 is 23.0 Å². The molecule has 0 spiro atoms. The van der Waals surface area contributed by atoms with Crippen LogP contribution < -0.4 is 10.5 Å². The average Bonchev–Trinajstić information content (AvgIpc) is 2.19. The fourth-order valence-corrected chi connectivity index (χ4v) is 1.82. The van der Waals surface area contributed by atoms with Gasteiger partial charge in [0.05, 0.1) is 15.9 Å². The van der Waals surface area contributed by atoms with Gasteiger partial charge in [-0.3, -0.25) is 4.98 Å². The fourth-order valence-electron chi connectivity index (χ4n) is 1.04. The highest BCUT2D eigenvalue weighted by molar-refractivity contribution is 14.1. The first-order valence-electron chi connectivity index (χ1n) is 4.12. The van der Waals surface area contributed by atoms with Crippen LogP contribution in [0.1, 0.15) is 11.4 Å². The van der Waals surface area contributed by atoms with E-state index in [9.17, 15) is 13.2 Å². The summed E-state index contributed by atoms with van der Waals surface area (Å²) in [4.78, 5) is 3.75. The van der Waals surface area contributed by atoms with Gasteiger partial charge >= 0.3 is 6.36 Å². The topological polar surface area (TPSA) is 68.4 Å². The second-order valence-corrected chi connectivity index (χ2v) is 3.94. The first-order chi connectivity index (χ1) is 7.37. The van der Waals surface area contributed by atoms with Crippen LogP contribution in [-0.4, -0.2) is 16.5 Å². The Hall–Kier alpha value is -0.610. The highest BCUT2D eigenvalue weighted by atomic mass is 127. The maximum Gasteiger partial charge on any atom is 0.573 e. The van der Waals surface area contributed by atoms with E-state index in [0.29, 0.717) is 5.69 Å². The lowest BCUT2D eigenvalue weighted by Gasteiger charge is -2.14. The van der Waals surface area contributed by atoms with E-state index in [1.807, 2.05) is 0 Å². The van der Waals surface area contributed by atoms with Crippen molar-refractivity contribution in [2.45, 2.75) is 19.5 Å². The Morgan fingerprint density at radius 2 is 2.12 bits per heavy atom. The molecule has 0 bridgehead atoms. The molecule has 8 heteroatoms. The molecule has 0 unspecified atom stereocenters. The van der Waals surface area contributed by atoms with Gasteiger partial charge in [0.1, 0.15) is 5.69 Å². The molecule has 0 radical (unpaired) electrons. The standard InChI is InChI=1S/C8H8F3IN2O2/c9-8(10,11)16-7-5(12)1-4(2-13)14-6(7)3-15/h1,15H,2-3,13H2. The molecular weight excluding hydrogens is 340 g/mol. The Kier molecular flexibility index (Phi) is 4.33. The Labute approximate surface area is 103 Å². The molecule has 90 valence electrons. The monoisotopic (exact) mass is 348 g/mol. The summed E-state index contributed by atoms with van der Waals surface area (Å²) in [5.74, 6) is -0.479. The number of hydrogen-bond acceptors (Lipinski definition) is 4. The summed E-state index contributed by atoms with van der Waals surface area (Å²) in [6.07, 6.45) is -4.81. The third kappa shape index (κ3) is 3.46. The molecule has 0 aliphatic heterocycles. The fraction of sp³-hybridized carbons (Fsp3) is 0.375. The number of hydrogen-bond donors (Lipinski definition) is 2. The maximum atomic E-state index is 12.1. The number of nitrogens with zero attached hydrogens (tertiary/aromatic N) is 1. The zero-order valence-corrected chi connectivity index (χ0v) is 10.0. The highest BCUT2D eigenvalue weighted by Gasteiger charge is 2.33. The van der Waals surface area contributed by atoms with Gasteiger partial charge in [-0.15, -0.1) is 13.2 Å². The van der Waals surface area contributed by atoms with E-state index < -0.39 is 18.7 Å². The number of alkyl halides is 3. The lowest BCUT2D eigenvalue weighted by atomic mass is 10.3. The summed E-state index contributed by atoms with van der Waals surface area (Å²) in [5, 5.41) is 8.91. The number of aliphatic hydroxyl groups excluding tert-OH is 1. The van der Waals surface area contributed by atoms with Gasteiger partial charge in [0.25, 0.3) is 0 Å². The van der Waals surface area contributed by atoms with Gasteiger partial charge in [0, 0.05) is 6.54 Å². The van der Waals surface area contributed by atoms with Crippen LogP contribution in [0.3, 0.4) is 0 Å². The Balaban J connectivity index is 3.16. The van der Waals surface area contributed by atoms with Crippen molar-refractivity contribution in [3.05, 3.63) is 21.0 Å².